The monoisotopic (exact) mass is 264 g/mol. The molecule has 3 N–H and O–H groups in total. The number of urea groups is 1. The van der Waals surface area contributed by atoms with Crippen LogP contribution in [0, 0.1) is 0 Å². The summed E-state index contributed by atoms with van der Waals surface area (Å²) in [6, 6.07) is 3.96. The highest BCUT2D eigenvalue weighted by molar-refractivity contribution is 5.72. The number of nitrogens with two attached hydrogens (primary N) is 1. The van der Waals surface area contributed by atoms with Gasteiger partial charge < -0.3 is 20.7 Å². The second-order valence-electron chi connectivity index (χ2n) is 4.69. The van der Waals surface area contributed by atoms with E-state index in [0.29, 0.717) is 11.9 Å². The number of likely N-dealkylation sites (tertiary alicyclic amines) is 1. The molecular weight excluding hydrogens is 244 g/mol. The molecule has 0 unspecified atom stereocenters. The number of amides is 2. The van der Waals surface area contributed by atoms with Crippen LogP contribution < -0.4 is 15.8 Å². The number of primary amides is 1. The van der Waals surface area contributed by atoms with Crippen molar-refractivity contribution in [3.05, 3.63) is 23.9 Å². The van der Waals surface area contributed by atoms with Crippen LogP contribution in [0.15, 0.2) is 18.3 Å². The van der Waals surface area contributed by atoms with E-state index in [1.165, 1.54) is 0 Å². The molecule has 6 heteroatoms. The van der Waals surface area contributed by atoms with Crippen LogP contribution in [0.5, 0.6) is 5.88 Å². The highest BCUT2D eigenvalue weighted by Gasteiger charge is 2.20. The average molecular weight is 264 g/mol. The van der Waals surface area contributed by atoms with Gasteiger partial charge in [-0.3, -0.25) is 0 Å². The molecule has 0 aliphatic carbocycles. The Kier molecular flexibility index (Phi) is 4.57. The fraction of sp³-hybridized carbons (Fsp3) is 0.538. The number of nitrogens with one attached hydrogen (secondary N) is 1. The third kappa shape index (κ3) is 3.82. The summed E-state index contributed by atoms with van der Waals surface area (Å²) in [6.07, 6.45) is 3.68. The highest BCUT2D eigenvalue weighted by Crippen LogP contribution is 2.11. The Morgan fingerprint density at radius 2 is 2.26 bits per heavy atom. The smallest absolute Gasteiger partial charge is 0.314 e. The number of carbonyl (C=O) groups is 1. The zero-order valence-electron chi connectivity index (χ0n) is 11.1. The third-order valence-electron chi connectivity index (χ3n) is 3.41. The van der Waals surface area contributed by atoms with E-state index in [1.807, 2.05) is 18.3 Å². The van der Waals surface area contributed by atoms with E-state index < -0.39 is 0 Å². The van der Waals surface area contributed by atoms with Crippen molar-refractivity contribution >= 4 is 6.03 Å². The number of piperidine rings is 1. The SMILES string of the molecule is COc1ccc(CNC2CCN(C(N)=O)CC2)cn1. The maximum Gasteiger partial charge on any atom is 0.314 e. The molecule has 1 fully saturated rings. The molecule has 0 radical (unpaired) electrons. The molecule has 104 valence electrons. The Hall–Kier alpha value is -1.82. The number of hydrogen-bond donors (Lipinski definition) is 2. The predicted molar refractivity (Wildman–Crippen MR) is 71.8 cm³/mol. The highest BCUT2D eigenvalue weighted by atomic mass is 16.5. The minimum absolute atomic E-state index is 0.321. The van der Waals surface area contributed by atoms with E-state index in [9.17, 15) is 4.79 Å². The molecular formula is C13H20N4O2. The summed E-state index contributed by atoms with van der Waals surface area (Å²) in [4.78, 5) is 16.9. The zero-order chi connectivity index (χ0) is 13.7. The van der Waals surface area contributed by atoms with Crippen molar-refractivity contribution in [3.8, 4) is 5.88 Å². The first-order chi connectivity index (χ1) is 9.19. The van der Waals surface area contributed by atoms with Gasteiger partial charge in [-0.15, -0.1) is 0 Å². The van der Waals surface area contributed by atoms with Crippen LogP contribution >= 0.6 is 0 Å². The van der Waals surface area contributed by atoms with Gasteiger partial charge in [-0.05, 0) is 18.4 Å². The minimum Gasteiger partial charge on any atom is -0.481 e. The fourth-order valence-corrected chi connectivity index (χ4v) is 2.20. The molecule has 1 aliphatic heterocycles. The van der Waals surface area contributed by atoms with Crippen LogP contribution in [-0.4, -0.2) is 42.2 Å². The first-order valence-electron chi connectivity index (χ1n) is 6.45. The Morgan fingerprint density at radius 1 is 1.53 bits per heavy atom. The van der Waals surface area contributed by atoms with Gasteiger partial charge in [0.15, 0.2) is 0 Å². The first kappa shape index (κ1) is 13.6. The lowest BCUT2D eigenvalue weighted by Crippen LogP contribution is -2.46. The number of carbonyl (C=O) groups excluding carboxylic acids is 1. The lowest BCUT2D eigenvalue weighted by Gasteiger charge is -2.31. The average Bonchev–Trinajstić information content (AvgIpc) is 2.46. The molecule has 19 heavy (non-hydrogen) atoms. The predicted octanol–water partition coefficient (Wildman–Crippen LogP) is 0.723. The molecule has 1 aromatic heterocycles. The quantitative estimate of drug-likeness (QED) is 0.840. The second-order valence-corrected chi connectivity index (χ2v) is 4.69. The van der Waals surface area contributed by atoms with Crippen LogP contribution in [-0.2, 0) is 6.54 Å². The minimum atomic E-state index is -0.321. The molecule has 1 aromatic rings. The van der Waals surface area contributed by atoms with Crippen molar-refractivity contribution in [1.82, 2.24) is 15.2 Å². The third-order valence-corrected chi connectivity index (χ3v) is 3.41. The summed E-state index contributed by atoms with van der Waals surface area (Å²) in [6.45, 7) is 2.24. The topological polar surface area (TPSA) is 80.5 Å². The molecule has 0 atom stereocenters. The van der Waals surface area contributed by atoms with Crippen LogP contribution in [0.4, 0.5) is 4.79 Å². The lowest BCUT2D eigenvalue weighted by atomic mass is 10.1. The number of ether oxygens (including phenoxy) is 1. The number of methoxy groups -OCH3 is 1. The summed E-state index contributed by atoms with van der Waals surface area (Å²) in [5.74, 6) is 0.624. The summed E-state index contributed by atoms with van der Waals surface area (Å²) < 4.78 is 5.02. The van der Waals surface area contributed by atoms with Crippen molar-refractivity contribution < 1.29 is 9.53 Å². The molecule has 1 saturated heterocycles. The van der Waals surface area contributed by atoms with Crippen LogP contribution in [0.3, 0.4) is 0 Å². The van der Waals surface area contributed by atoms with Crippen LogP contribution in [0.2, 0.25) is 0 Å². The molecule has 2 rings (SSSR count). The molecule has 0 aromatic carbocycles. The number of rotatable bonds is 4. The van der Waals surface area contributed by atoms with Gasteiger partial charge in [0.25, 0.3) is 0 Å². The molecule has 0 spiro atoms. The molecule has 2 heterocycles. The second kappa shape index (κ2) is 6.38. The Balaban J connectivity index is 1.75. The van der Waals surface area contributed by atoms with Gasteiger partial charge in [0.05, 0.1) is 7.11 Å². The van der Waals surface area contributed by atoms with E-state index in [2.05, 4.69) is 10.3 Å². The van der Waals surface area contributed by atoms with Gasteiger partial charge >= 0.3 is 6.03 Å². The maximum absolute atomic E-state index is 11.0. The number of pyridine rings is 1. The van der Waals surface area contributed by atoms with Gasteiger partial charge in [-0.25, -0.2) is 9.78 Å². The van der Waals surface area contributed by atoms with E-state index in [4.69, 9.17) is 10.5 Å². The van der Waals surface area contributed by atoms with E-state index in [-0.39, 0.29) is 6.03 Å². The van der Waals surface area contributed by atoms with Crippen molar-refractivity contribution in [2.75, 3.05) is 20.2 Å². The van der Waals surface area contributed by atoms with E-state index in [1.54, 1.807) is 12.0 Å². The van der Waals surface area contributed by atoms with Gasteiger partial charge in [0.2, 0.25) is 5.88 Å². The molecule has 0 saturated carbocycles. The van der Waals surface area contributed by atoms with Gasteiger partial charge in [0.1, 0.15) is 0 Å². The standard InChI is InChI=1S/C13H20N4O2/c1-19-12-3-2-10(9-16-12)8-15-11-4-6-17(7-5-11)13(14)18/h2-3,9,11,15H,4-8H2,1H3,(H2,14,18). The van der Waals surface area contributed by atoms with Crippen molar-refractivity contribution in [2.45, 2.75) is 25.4 Å². The van der Waals surface area contributed by atoms with E-state index >= 15 is 0 Å². The normalized spacial score (nSPS) is 16.4. The van der Waals surface area contributed by atoms with Gasteiger partial charge in [-0.2, -0.15) is 0 Å². The molecule has 0 bridgehead atoms. The fourth-order valence-electron chi connectivity index (χ4n) is 2.20. The summed E-state index contributed by atoms with van der Waals surface area (Å²) in [7, 11) is 1.60. The Labute approximate surface area is 112 Å². The van der Waals surface area contributed by atoms with Crippen molar-refractivity contribution in [1.29, 1.82) is 0 Å². The molecule has 2 amide bonds. The van der Waals surface area contributed by atoms with Crippen LogP contribution in [0.1, 0.15) is 18.4 Å². The summed E-state index contributed by atoms with van der Waals surface area (Å²) in [5, 5.41) is 3.48. The number of nitrogens with zero attached hydrogens (tertiary/aromatic N) is 2. The first-order valence-corrected chi connectivity index (χ1v) is 6.45. The van der Waals surface area contributed by atoms with Gasteiger partial charge in [0, 0.05) is 37.9 Å². The largest absolute Gasteiger partial charge is 0.481 e. The van der Waals surface area contributed by atoms with Crippen molar-refractivity contribution in [3.63, 3.8) is 0 Å². The van der Waals surface area contributed by atoms with Crippen LogP contribution in [0.25, 0.3) is 0 Å². The maximum atomic E-state index is 11.0. The number of aromatic nitrogens is 1. The lowest BCUT2D eigenvalue weighted by molar-refractivity contribution is 0.185. The number of hydrogen-bond acceptors (Lipinski definition) is 4. The molecule has 1 aliphatic rings. The molecule has 6 nitrogen and oxygen atoms in total. The van der Waals surface area contributed by atoms with E-state index in [0.717, 1.165) is 38.0 Å². The van der Waals surface area contributed by atoms with Gasteiger partial charge in [-0.1, -0.05) is 6.07 Å². The Bertz CT molecular complexity index is 413. The summed E-state index contributed by atoms with van der Waals surface area (Å²) >= 11 is 0. The van der Waals surface area contributed by atoms with Crippen molar-refractivity contribution in [2.24, 2.45) is 5.73 Å². The zero-order valence-corrected chi connectivity index (χ0v) is 11.1. The summed E-state index contributed by atoms with van der Waals surface area (Å²) in [5.41, 5.74) is 6.37. The Morgan fingerprint density at radius 3 is 2.79 bits per heavy atom.